The van der Waals surface area contributed by atoms with Crippen LogP contribution in [0.15, 0.2) is 0 Å². The van der Waals surface area contributed by atoms with E-state index in [2.05, 4.69) is 24.1 Å². The zero-order valence-electron chi connectivity index (χ0n) is 11.3. The normalized spacial score (nSPS) is 10.8. The third kappa shape index (κ3) is 7.65. The summed E-state index contributed by atoms with van der Waals surface area (Å²) in [4.78, 5) is 15.3. The maximum atomic E-state index is 11.3. The molecule has 0 unspecified atom stereocenters. The summed E-state index contributed by atoms with van der Waals surface area (Å²) < 4.78 is 0. The maximum absolute atomic E-state index is 11.3. The van der Waals surface area contributed by atoms with Crippen LogP contribution in [-0.2, 0) is 4.79 Å². The van der Waals surface area contributed by atoms with Gasteiger partial charge in [0.05, 0.1) is 0 Å². The molecule has 0 aliphatic carbocycles. The third-order valence-corrected chi connectivity index (χ3v) is 2.74. The van der Waals surface area contributed by atoms with E-state index in [1.807, 2.05) is 0 Å². The standard InChI is InChI=1S/C12H27N3O/c1-5-15(6-2)11-7-9-13-10-8-12(16)14(3)4/h13H,5-11H2,1-4H3. The Balaban J connectivity index is 3.30. The van der Waals surface area contributed by atoms with E-state index in [0.29, 0.717) is 6.42 Å². The summed E-state index contributed by atoms with van der Waals surface area (Å²) in [6, 6.07) is 0. The van der Waals surface area contributed by atoms with Crippen molar-refractivity contribution in [1.82, 2.24) is 15.1 Å². The van der Waals surface area contributed by atoms with Crippen molar-refractivity contribution in [3.63, 3.8) is 0 Å². The number of hydrogen-bond acceptors (Lipinski definition) is 3. The highest BCUT2D eigenvalue weighted by atomic mass is 16.2. The van der Waals surface area contributed by atoms with E-state index in [1.165, 1.54) is 0 Å². The average molecular weight is 229 g/mol. The molecule has 0 saturated carbocycles. The van der Waals surface area contributed by atoms with E-state index < -0.39 is 0 Å². The Kier molecular flexibility index (Phi) is 9.24. The lowest BCUT2D eigenvalue weighted by molar-refractivity contribution is -0.128. The fourth-order valence-corrected chi connectivity index (χ4v) is 1.51. The van der Waals surface area contributed by atoms with Crippen molar-refractivity contribution in [3.05, 3.63) is 0 Å². The average Bonchev–Trinajstić information content (AvgIpc) is 2.27. The first kappa shape index (κ1) is 15.4. The molecule has 1 N–H and O–H groups in total. The summed E-state index contributed by atoms with van der Waals surface area (Å²) in [6.45, 7) is 9.54. The summed E-state index contributed by atoms with van der Waals surface area (Å²) in [5.74, 6) is 0.191. The third-order valence-electron chi connectivity index (χ3n) is 2.74. The second-order valence-corrected chi connectivity index (χ2v) is 4.17. The van der Waals surface area contributed by atoms with Crippen LogP contribution in [0.25, 0.3) is 0 Å². The summed E-state index contributed by atoms with van der Waals surface area (Å²) in [5, 5.41) is 3.30. The molecule has 0 aliphatic heterocycles. The van der Waals surface area contributed by atoms with Crippen molar-refractivity contribution in [1.29, 1.82) is 0 Å². The van der Waals surface area contributed by atoms with E-state index in [9.17, 15) is 4.79 Å². The molecule has 0 aromatic carbocycles. The van der Waals surface area contributed by atoms with Gasteiger partial charge in [0.2, 0.25) is 5.91 Å². The first-order valence-electron chi connectivity index (χ1n) is 6.25. The van der Waals surface area contributed by atoms with Crippen LogP contribution >= 0.6 is 0 Å². The van der Waals surface area contributed by atoms with Gasteiger partial charge < -0.3 is 15.1 Å². The van der Waals surface area contributed by atoms with Gasteiger partial charge in [-0.1, -0.05) is 13.8 Å². The second kappa shape index (κ2) is 9.60. The molecule has 4 heteroatoms. The molecule has 16 heavy (non-hydrogen) atoms. The summed E-state index contributed by atoms with van der Waals surface area (Å²) in [6.07, 6.45) is 1.75. The molecule has 0 saturated heterocycles. The predicted octanol–water partition coefficient (Wildman–Crippen LogP) is 0.786. The molecule has 4 nitrogen and oxygen atoms in total. The molecular formula is C12H27N3O. The van der Waals surface area contributed by atoms with Gasteiger partial charge in [0.1, 0.15) is 0 Å². The fourth-order valence-electron chi connectivity index (χ4n) is 1.51. The van der Waals surface area contributed by atoms with Crippen molar-refractivity contribution >= 4 is 5.91 Å². The molecule has 0 atom stereocenters. The highest BCUT2D eigenvalue weighted by Gasteiger charge is 2.02. The number of carbonyl (C=O) groups is 1. The smallest absolute Gasteiger partial charge is 0.223 e. The van der Waals surface area contributed by atoms with E-state index in [0.717, 1.165) is 39.1 Å². The fraction of sp³-hybridized carbons (Fsp3) is 0.917. The van der Waals surface area contributed by atoms with Gasteiger partial charge in [-0.25, -0.2) is 0 Å². The minimum atomic E-state index is 0.191. The van der Waals surface area contributed by atoms with Crippen molar-refractivity contribution in [3.8, 4) is 0 Å². The maximum Gasteiger partial charge on any atom is 0.223 e. The lowest BCUT2D eigenvalue weighted by Crippen LogP contribution is -2.29. The predicted molar refractivity (Wildman–Crippen MR) is 68.6 cm³/mol. The molecule has 0 heterocycles. The van der Waals surface area contributed by atoms with Crippen molar-refractivity contribution < 1.29 is 4.79 Å². The Bertz CT molecular complexity index is 179. The molecule has 0 bridgehead atoms. The summed E-state index contributed by atoms with van der Waals surface area (Å²) >= 11 is 0. The molecule has 1 amide bonds. The zero-order valence-corrected chi connectivity index (χ0v) is 11.3. The first-order valence-corrected chi connectivity index (χ1v) is 6.25. The molecule has 0 aliphatic rings. The summed E-state index contributed by atoms with van der Waals surface area (Å²) in [7, 11) is 3.59. The first-order chi connectivity index (χ1) is 7.61. The minimum absolute atomic E-state index is 0.191. The van der Waals surface area contributed by atoms with E-state index in [-0.39, 0.29) is 5.91 Å². The van der Waals surface area contributed by atoms with Crippen LogP contribution in [0.3, 0.4) is 0 Å². The Hall–Kier alpha value is -0.610. The van der Waals surface area contributed by atoms with Gasteiger partial charge >= 0.3 is 0 Å². The molecule has 96 valence electrons. The lowest BCUT2D eigenvalue weighted by Gasteiger charge is -2.17. The van der Waals surface area contributed by atoms with E-state index in [1.54, 1.807) is 19.0 Å². The SMILES string of the molecule is CCN(CC)CCCNCCC(=O)N(C)C. The van der Waals surface area contributed by atoms with Crippen LogP contribution < -0.4 is 5.32 Å². The van der Waals surface area contributed by atoms with Crippen LogP contribution in [0.1, 0.15) is 26.7 Å². The Morgan fingerprint density at radius 3 is 2.25 bits per heavy atom. The quantitative estimate of drug-likeness (QED) is 0.594. The Morgan fingerprint density at radius 1 is 1.12 bits per heavy atom. The van der Waals surface area contributed by atoms with Crippen LogP contribution in [0.2, 0.25) is 0 Å². The van der Waals surface area contributed by atoms with Crippen molar-refractivity contribution in [2.75, 3.05) is 46.8 Å². The monoisotopic (exact) mass is 229 g/mol. The van der Waals surface area contributed by atoms with Gasteiger partial charge in [0, 0.05) is 27.1 Å². The van der Waals surface area contributed by atoms with Crippen LogP contribution in [0.5, 0.6) is 0 Å². The second-order valence-electron chi connectivity index (χ2n) is 4.17. The molecule has 0 fully saturated rings. The van der Waals surface area contributed by atoms with E-state index in [4.69, 9.17) is 0 Å². The topological polar surface area (TPSA) is 35.6 Å². The molecule has 0 rings (SSSR count). The summed E-state index contributed by atoms with van der Waals surface area (Å²) in [5.41, 5.74) is 0. The van der Waals surface area contributed by atoms with Crippen LogP contribution in [0, 0.1) is 0 Å². The molecule has 0 spiro atoms. The zero-order chi connectivity index (χ0) is 12.4. The molecular weight excluding hydrogens is 202 g/mol. The van der Waals surface area contributed by atoms with Gasteiger partial charge in [-0.15, -0.1) is 0 Å². The number of nitrogens with zero attached hydrogens (tertiary/aromatic N) is 2. The number of rotatable bonds is 9. The molecule has 0 radical (unpaired) electrons. The Morgan fingerprint density at radius 2 is 1.75 bits per heavy atom. The highest BCUT2D eigenvalue weighted by molar-refractivity contribution is 5.75. The molecule has 0 aromatic rings. The number of nitrogens with one attached hydrogen (secondary N) is 1. The number of hydrogen-bond donors (Lipinski definition) is 1. The van der Waals surface area contributed by atoms with Gasteiger partial charge in [-0.2, -0.15) is 0 Å². The van der Waals surface area contributed by atoms with Crippen LogP contribution in [0.4, 0.5) is 0 Å². The largest absolute Gasteiger partial charge is 0.349 e. The number of carbonyl (C=O) groups excluding carboxylic acids is 1. The minimum Gasteiger partial charge on any atom is -0.349 e. The lowest BCUT2D eigenvalue weighted by atomic mass is 10.3. The van der Waals surface area contributed by atoms with Crippen LogP contribution in [-0.4, -0.2) is 62.5 Å². The highest BCUT2D eigenvalue weighted by Crippen LogP contribution is 1.90. The van der Waals surface area contributed by atoms with Gasteiger partial charge in [-0.05, 0) is 32.6 Å². The van der Waals surface area contributed by atoms with Gasteiger partial charge in [-0.3, -0.25) is 4.79 Å². The van der Waals surface area contributed by atoms with Gasteiger partial charge in [0.15, 0.2) is 0 Å². The van der Waals surface area contributed by atoms with Crippen molar-refractivity contribution in [2.45, 2.75) is 26.7 Å². The molecule has 0 aromatic heterocycles. The van der Waals surface area contributed by atoms with E-state index >= 15 is 0 Å². The van der Waals surface area contributed by atoms with Crippen molar-refractivity contribution in [2.24, 2.45) is 0 Å². The van der Waals surface area contributed by atoms with Gasteiger partial charge in [0.25, 0.3) is 0 Å². The number of amides is 1. The Labute approximate surface area is 100.0 Å².